The van der Waals surface area contributed by atoms with Crippen LogP contribution in [-0.2, 0) is 23.9 Å². The van der Waals surface area contributed by atoms with E-state index in [9.17, 15) is 27.9 Å². The van der Waals surface area contributed by atoms with Crippen LogP contribution in [-0.4, -0.2) is 63.1 Å². The third kappa shape index (κ3) is 7.16. The summed E-state index contributed by atoms with van der Waals surface area (Å²) in [6.45, 7) is 0.632. The van der Waals surface area contributed by atoms with Gasteiger partial charge in [-0.3, -0.25) is 14.2 Å². The van der Waals surface area contributed by atoms with Crippen molar-refractivity contribution < 1.29 is 27.8 Å². The Balaban J connectivity index is 1.18. The zero-order chi connectivity index (χ0) is 29.7. The fraction of sp³-hybridized carbons (Fsp3) is 0.433. The zero-order valence-corrected chi connectivity index (χ0v) is 23.8. The summed E-state index contributed by atoms with van der Waals surface area (Å²) in [6, 6.07) is 13.2. The molecule has 2 aromatic carbocycles. The van der Waals surface area contributed by atoms with E-state index in [0.717, 1.165) is 36.4 Å². The lowest BCUT2D eigenvalue weighted by molar-refractivity contribution is -0.137. The predicted octanol–water partition coefficient (Wildman–Crippen LogP) is 4.20. The average Bonchev–Trinajstić information content (AvgIpc) is 2.96. The molecule has 0 radical (unpaired) electrons. The van der Waals surface area contributed by atoms with Gasteiger partial charge in [-0.05, 0) is 49.2 Å². The van der Waals surface area contributed by atoms with Gasteiger partial charge >= 0.3 is 6.18 Å². The third-order valence-corrected chi connectivity index (χ3v) is 8.80. The van der Waals surface area contributed by atoms with Gasteiger partial charge in [-0.2, -0.15) is 13.2 Å². The lowest BCUT2D eigenvalue weighted by atomic mass is 10.0. The second kappa shape index (κ2) is 13.3. The van der Waals surface area contributed by atoms with Gasteiger partial charge in [-0.25, -0.2) is 4.98 Å². The number of hydrogen-bond acceptors (Lipinski definition) is 7. The number of hydrogen-bond donors (Lipinski definition) is 2. The van der Waals surface area contributed by atoms with Gasteiger partial charge in [-0.1, -0.05) is 36.4 Å². The van der Waals surface area contributed by atoms with Gasteiger partial charge < -0.3 is 20.1 Å². The third-order valence-electron chi connectivity index (χ3n) is 7.52. The maximum atomic E-state index is 13.8. The molecule has 2 heterocycles. The molecule has 224 valence electrons. The molecule has 0 saturated heterocycles. The maximum Gasteiger partial charge on any atom is 0.416 e. The molecule has 2 N–H and O–H groups in total. The van der Waals surface area contributed by atoms with E-state index in [1.165, 1.54) is 18.6 Å². The van der Waals surface area contributed by atoms with Crippen LogP contribution < -0.4 is 15.6 Å². The van der Waals surface area contributed by atoms with E-state index in [1.54, 1.807) is 21.2 Å². The predicted molar refractivity (Wildman–Crippen MR) is 153 cm³/mol. The van der Waals surface area contributed by atoms with E-state index in [1.807, 2.05) is 30.3 Å². The number of aliphatic hydroxyl groups is 1. The summed E-state index contributed by atoms with van der Waals surface area (Å²) >= 11 is 1.65. The summed E-state index contributed by atoms with van der Waals surface area (Å²) in [4.78, 5) is 33.4. The van der Waals surface area contributed by atoms with Crippen molar-refractivity contribution in [1.82, 2.24) is 19.8 Å². The Bertz CT molecular complexity index is 1430. The van der Waals surface area contributed by atoms with E-state index >= 15 is 0 Å². The minimum absolute atomic E-state index is 0.0129. The summed E-state index contributed by atoms with van der Waals surface area (Å²) in [5.41, 5.74) is 1.11. The number of para-hydroxylation sites is 1. The van der Waals surface area contributed by atoms with Crippen LogP contribution in [0, 0.1) is 0 Å². The molecular weight excluding hydrogens is 569 g/mol. The second-order valence-corrected chi connectivity index (χ2v) is 11.7. The number of alkyl halides is 3. The Kier molecular flexibility index (Phi) is 9.54. The molecule has 0 spiro atoms. The van der Waals surface area contributed by atoms with Gasteiger partial charge in [0, 0.05) is 31.2 Å². The number of carbonyl (C=O) groups excluding carboxylic acids is 1. The van der Waals surface area contributed by atoms with Crippen molar-refractivity contribution in [3.8, 4) is 11.4 Å². The molecule has 1 aliphatic carbocycles. The summed E-state index contributed by atoms with van der Waals surface area (Å²) < 4.78 is 45.4. The number of halogens is 3. The van der Waals surface area contributed by atoms with E-state index in [4.69, 9.17) is 9.72 Å². The van der Waals surface area contributed by atoms with Gasteiger partial charge in [0.15, 0.2) is 5.16 Å². The molecule has 8 nitrogen and oxygen atoms in total. The molecule has 3 aromatic rings. The van der Waals surface area contributed by atoms with Gasteiger partial charge in [0.1, 0.15) is 12.4 Å². The lowest BCUT2D eigenvalue weighted by Gasteiger charge is -2.30. The average molecular weight is 603 g/mol. The van der Waals surface area contributed by atoms with E-state index in [2.05, 4.69) is 5.32 Å². The maximum absolute atomic E-state index is 13.8. The number of fused-ring (bicyclic) bond motifs is 1. The fourth-order valence-corrected chi connectivity index (χ4v) is 6.17. The highest BCUT2D eigenvalue weighted by atomic mass is 32.2. The Morgan fingerprint density at radius 3 is 2.52 bits per heavy atom. The molecule has 1 atom stereocenters. The van der Waals surface area contributed by atoms with Gasteiger partial charge in [0.05, 0.1) is 41.7 Å². The minimum atomic E-state index is -4.43. The molecule has 5 rings (SSSR count). The largest absolute Gasteiger partial charge is 0.492 e. The molecule has 1 amide bonds. The molecule has 0 unspecified atom stereocenters. The number of benzene rings is 2. The van der Waals surface area contributed by atoms with Gasteiger partial charge in [0.2, 0.25) is 5.91 Å². The van der Waals surface area contributed by atoms with Gasteiger partial charge in [0.25, 0.3) is 5.56 Å². The van der Waals surface area contributed by atoms with Crippen molar-refractivity contribution in [2.75, 3.05) is 26.3 Å². The fourth-order valence-electron chi connectivity index (χ4n) is 4.84. The summed E-state index contributed by atoms with van der Waals surface area (Å²) in [7, 11) is 0. The molecular formula is C30H33F3N4O4S. The number of rotatable bonds is 11. The van der Waals surface area contributed by atoms with Crippen molar-refractivity contribution in [3.05, 3.63) is 81.8 Å². The van der Waals surface area contributed by atoms with Crippen LogP contribution in [0.5, 0.6) is 5.75 Å². The molecule has 1 fully saturated rings. The Morgan fingerprint density at radius 1 is 1.14 bits per heavy atom. The molecule has 1 aliphatic heterocycles. The SMILES string of the molecule is O=C(CCN[C@H](CO)COc1ccc(C(F)(F)F)cc1)N1CCc2nc(SC3CCC3)n(-c3ccccc3)c(=O)c2C1. The van der Waals surface area contributed by atoms with E-state index < -0.39 is 17.8 Å². The summed E-state index contributed by atoms with van der Waals surface area (Å²) in [5, 5.41) is 13.9. The standard InChI is InChI=1S/C30H33F3N4O4S/c31-30(32,33)20-9-11-23(12-10-20)41-19-21(18-38)34-15-13-27(39)36-16-14-26-25(17-36)28(40)37(22-5-2-1-3-6-22)29(35-26)42-24-7-4-8-24/h1-3,5-6,9-12,21,24,34,38H,4,7-8,13-19H2/t21-/m1/s1. The minimum Gasteiger partial charge on any atom is -0.492 e. The van der Waals surface area contributed by atoms with Crippen molar-refractivity contribution >= 4 is 17.7 Å². The van der Waals surface area contributed by atoms with E-state index in [0.29, 0.717) is 28.9 Å². The number of ether oxygens (including phenoxy) is 1. The first-order valence-electron chi connectivity index (χ1n) is 14.0. The molecule has 1 saturated carbocycles. The highest BCUT2D eigenvalue weighted by Crippen LogP contribution is 2.36. The van der Waals surface area contributed by atoms with Crippen LogP contribution in [0.15, 0.2) is 64.5 Å². The van der Waals surface area contributed by atoms with Crippen LogP contribution in [0.2, 0.25) is 0 Å². The zero-order valence-electron chi connectivity index (χ0n) is 23.0. The first-order valence-corrected chi connectivity index (χ1v) is 14.9. The number of nitrogens with zero attached hydrogens (tertiary/aromatic N) is 3. The van der Waals surface area contributed by atoms with Gasteiger partial charge in [-0.15, -0.1) is 0 Å². The monoisotopic (exact) mass is 602 g/mol. The number of nitrogens with one attached hydrogen (secondary N) is 1. The smallest absolute Gasteiger partial charge is 0.416 e. The summed E-state index contributed by atoms with van der Waals surface area (Å²) in [5.74, 6) is 0.113. The van der Waals surface area contributed by atoms with Crippen molar-refractivity contribution in [2.45, 2.75) is 61.3 Å². The molecule has 0 bridgehead atoms. The highest BCUT2D eigenvalue weighted by Gasteiger charge is 2.30. The number of thioether (sulfide) groups is 1. The Morgan fingerprint density at radius 2 is 1.88 bits per heavy atom. The normalized spacial score (nSPS) is 16.0. The first-order chi connectivity index (χ1) is 20.2. The molecule has 12 heteroatoms. The Hall–Kier alpha value is -3.35. The number of aliphatic hydroxyl groups excluding tert-OH is 1. The van der Waals surface area contributed by atoms with Crippen LogP contribution >= 0.6 is 11.8 Å². The van der Waals surface area contributed by atoms with E-state index in [-0.39, 0.29) is 49.9 Å². The topological polar surface area (TPSA) is 96.7 Å². The quantitative estimate of drug-likeness (QED) is 0.318. The number of aromatic nitrogens is 2. The number of carbonyl (C=O) groups is 1. The Labute approximate surface area is 245 Å². The van der Waals surface area contributed by atoms with Crippen LogP contribution in [0.25, 0.3) is 5.69 Å². The highest BCUT2D eigenvalue weighted by molar-refractivity contribution is 7.99. The first kappa shape index (κ1) is 30.1. The van der Waals surface area contributed by atoms with Crippen molar-refractivity contribution in [1.29, 1.82) is 0 Å². The molecule has 1 aromatic heterocycles. The summed E-state index contributed by atoms with van der Waals surface area (Å²) in [6.07, 6.45) is -0.375. The molecule has 2 aliphatic rings. The van der Waals surface area contributed by atoms with Crippen LogP contribution in [0.4, 0.5) is 13.2 Å². The molecule has 42 heavy (non-hydrogen) atoms. The van der Waals surface area contributed by atoms with Crippen LogP contribution in [0.3, 0.4) is 0 Å². The van der Waals surface area contributed by atoms with Crippen molar-refractivity contribution in [3.63, 3.8) is 0 Å². The lowest BCUT2D eigenvalue weighted by Crippen LogP contribution is -2.43. The second-order valence-electron chi connectivity index (χ2n) is 10.4. The van der Waals surface area contributed by atoms with Crippen LogP contribution in [0.1, 0.15) is 42.5 Å². The number of amides is 1. The van der Waals surface area contributed by atoms with Crippen molar-refractivity contribution in [2.24, 2.45) is 0 Å².